The van der Waals surface area contributed by atoms with E-state index in [0.717, 1.165) is 0 Å². The Morgan fingerprint density at radius 3 is 1.77 bits per heavy atom. The van der Waals surface area contributed by atoms with Crippen LogP contribution in [0.2, 0.25) is 0 Å². The first-order valence-electron chi connectivity index (χ1n) is 19.3. The Bertz CT molecular complexity index is 2240. The molecule has 3 aliphatic heterocycles. The van der Waals surface area contributed by atoms with E-state index < -0.39 is 80.2 Å². The Morgan fingerprint density at radius 1 is 0.806 bits per heavy atom. The van der Waals surface area contributed by atoms with Gasteiger partial charge >= 0.3 is 18.2 Å². The quantitative estimate of drug-likeness (QED) is 0.0544. The second-order valence-electron chi connectivity index (χ2n) is 15.0. The molecule has 0 saturated carbocycles. The fourth-order valence-electron chi connectivity index (χ4n) is 7.64. The van der Waals surface area contributed by atoms with E-state index in [0.29, 0.717) is 21.6 Å². The summed E-state index contributed by atoms with van der Waals surface area (Å²) in [5, 5.41) is 56.7. The van der Waals surface area contributed by atoms with Crippen molar-refractivity contribution in [3.05, 3.63) is 130 Å². The van der Waals surface area contributed by atoms with E-state index >= 15 is 0 Å². The zero-order valence-electron chi connectivity index (χ0n) is 33.3. The van der Waals surface area contributed by atoms with E-state index in [9.17, 15) is 59.7 Å². The summed E-state index contributed by atoms with van der Waals surface area (Å²) in [4.78, 5) is 88.0. The number of esters is 1. The Balaban J connectivity index is 1.16. The molecule has 2 saturated heterocycles. The van der Waals surface area contributed by atoms with Crippen LogP contribution in [0.4, 0.5) is 26.7 Å². The fourth-order valence-corrected chi connectivity index (χ4v) is 9.20. The van der Waals surface area contributed by atoms with E-state index in [1.807, 2.05) is 6.92 Å². The van der Waals surface area contributed by atoms with Gasteiger partial charge in [0.25, 0.3) is 17.1 Å². The number of ether oxygens (including phenoxy) is 3. The van der Waals surface area contributed by atoms with Crippen molar-refractivity contribution in [3.63, 3.8) is 0 Å². The average molecular weight is 879 g/mol. The highest BCUT2D eigenvalue weighted by Gasteiger charge is 2.60. The fraction of sp³-hybridized carbons (Fsp3) is 0.400. The topological polar surface area (TPSA) is 284 Å². The number of rotatable bonds is 17. The summed E-state index contributed by atoms with van der Waals surface area (Å²) in [5.41, 5.74) is 1.00. The van der Waals surface area contributed by atoms with Gasteiger partial charge in [0, 0.05) is 71.6 Å². The minimum atomic E-state index is -1.19. The largest absolute Gasteiger partial charge is 0.456 e. The van der Waals surface area contributed by atoms with Crippen molar-refractivity contribution >= 4 is 52.9 Å². The van der Waals surface area contributed by atoms with Crippen molar-refractivity contribution in [3.8, 4) is 0 Å². The second-order valence-corrected chi connectivity index (χ2v) is 16.3. The van der Waals surface area contributed by atoms with Crippen molar-refractivity contribution in [2.45, 2.75) is 76.1 Å². The normalized spacial score (nSPS) is 21.4. The highest BCUT2D eigenvalue weighted by Crippen LogP contribution is 2.52. The first-order valence-corrected chi connectivity index (χ1v) is 20.2. The van der Waals surface area contributed by atoms with Crippen LogP contribution in [0.5, 0.6) is 0 Å². The second kappa shape index (κ2) is 19.4. The molecule has 22 heteroatoms. The molecular weight excluding hydrogens is 837 g/mol. The maximum atomic E-state index is 13.8. The summed E-state index contributed by atoms with van der Waals surface area (Å²) in [5.74, 6) is -2.51. The molecule has 3 N–H and O–H groups in total. The lowest BCUT2D eigenvalue weighted by Crippen LogP contribution is -2.63. The molecule has 3 aliphatic rings. The van der Waals surface area contributed by atoms with Gasteiger partial charge < -0.3 is 39.5 Å². The van der Waals surface area contributed by atoms with Gasteiger partial charge in [-0.3, -0.25) is 35.1 Å². The predicted molar refractivity (Wildman–Crippen MR) is 217 cm³/mol. The Hall–Kier alpha value is -6.65. The standard InChI is InChI=1S/C40H42N6O15S/c1-22-34-33(23(2)47)37(49)43(34)35(38(50)59-19-24-3-9-27(10-4-24)44(53)54)36(22)62-32-16-30(42(18-32)40(52)61-21-26-7-13-29(14-8-26)46(57)58)15-31(48)17-41-39(51)60-20-25-5-11-28(12-6-25)45(55)56/h3-14,22-23,30-34,47-48H,15-21H2,1-2H3,(H,41,51)/t22-,23-,30-,31?,32+,33-,34-/m1/s1. The number of likely N-dealkylation sites (tertiary alicyclic amines) is 1. The maximum Gasteiger partial charge on any atom is 0.410 e. The maximum absolute atomic E-state index is 13.8. The first-order chi connectivity index (χ1) is 29.5. The molecule has 0 aromatic heterocycles. The SMILES string of the molecule is C[C@@H](O)[C@H]1C(=O)N2C(C(=O)OCc3ccc([N+](=O)[O-])cc3)=C(S[C@H]3C[C@@H](CC(O)CNC(=O)OCc4ccc([N+](=O)[O-])cc4)N(C(=O)OCc4ccc([N+](=O)[O-])cc4)C3)[C@H](C)[C@H]12. The third-order valence-corrected chi connectivity index (χ3v) is 12.3. The number of benzene rings is 3. The van der Waals surface area contributed by atoms with Gasteiger partial charge in [-0.2, -0.15) is 0 Å². The number of aliphatic hydroxyl groups excluding tert-OH is 2. The number of nitrogens with zero attached hydrogens (tertiary/aromatic N) is 5. The van der Waals surface area contributed by atoms with Gasteiger partial charge in [-0.1, -0.05) is 6.92 Å². The molecule has 21 nitrogen and oxygen atoms in total. The zero-order chi connectivity index (χ0) is 44.8. The number of hydrogen-bond acceptors (Lipinski definition) is 16. The van der Waals surface area contributed by atoms with E-state index in [-0.39, 0.29) is 68.5 Å². The van der Waals surface area contributed by atoms with Gasteiger partial charge in [0.2, 0.25) is 5.91 Å². The molecule has 62 heavy (non-hydrogen) atoms. The molecular formula is C40H42N6O15S. The average Bonchev–Trinajstić information content (AvgIpc) is 3.75. The van der Waals surface area contributed by atoms with Crippen LogP contribution in [0.25, 0.3) is 0 Å². The molecule has 2 fully saturated rings. The van der Waals surface area contributed by atoms with Crippen LogP contribution in [0.15, 0.2) is 83.4 Å². The number of hydrogen-bond donors (Lipinski definition) is 3. The molecule has 1 unspecified atom stereocenters. The number of β-lactam (4-membered cyclic amide) rings is 1. The Kier molecular flexibility index (Phi) is 14.0. The molecule has 328 valence electrons. The third kappa shape index (κ3) is 10.3. The number of amides is 3. The molecule has 0 bridgehead atoms. The van der Waals surface area contributed by atoms with Gasteiger partial charge in [-0.25, -0.2) is 14.4 Å². The smallest absolute Gasteiger partial charge is 0.410 e. The molecule has 3 heterocycles. The number of carbonyl (C=O) groups excluding carboxylic acids is 4. The molecule has 3 aromatic rings. The van der Waals surface area contributed by atoms with E-state index in [2.05, 4.69) is 5.32 Å². The summed E-state index contributed by atoms with van der Waals surface area (Å²) >= 11 is 1.25. The zero-order valence-corrected chi connectivity index (χ0v) is 34.1. The van der Waals surface area contributed by atoms with E-state index in [4.69, 9.17) is 14.2 Å². The molecule has 3 aromatic carbocycles. The number of nitro benzene ring substituents is 3. The van der Waals surface area contributed by atoms with Crippen molar-refractivity contribution in [2.24, 2.45) is 11.8 Å². The number of fused-ring (bicyclic) bond motifs is 1. The lowest BCUT2D eigenvalue weighted by atomic mass is 9.79. The van der Waals surface area contributed by atoms with Crippen LogP contribution in [-0.2, 0) is 43.6 Å². The van der Waals surface area contributed by atoms with Crippen LogP contribution >= 0.6 is 11.8 Å². The Labute approximate surface area is 357 Å². The molecule has 7 atom stereocenters. The molecule has 3 amide bonds. The summed E-state index contributed by atoms with van der Waals surface area (Å²) in [6.45, 7) is 2.42. The van der Waals surface area contributed by atoms with E-state index in [1.165, 1.54) is 101 Å². The number of alkyl carbamates (subject to hydrolysis) is 1. The van der Waals surface area contributed by atoms with Gasteiger partial charge in [0.1, 0.15) is 25.5 Å². The van der Waals surface area contributed by atoms with Crippen LogP contribution in [-0.4, -0.2) is 101 Å². The number of nitro groups is 3. The number of aliphatic hydroxyl groups is 2. The summed E-state index contributed by atoms with van der Waals surface area (Å²) in [7, 11) is 0. The number of non-ortho nitro benzene ring substituents is 3. The highest BCUT2D eigenvalue weighted by molar-refractivity contribution is 8.03. The number of thioether (sulfide) groups is 1. The summed E-state index contributed by atoms with van der Waals surface area (Å²) in [6.07, 6.45) is -3.61. The molecule has 0 aliphatic carbocycles. The van der Waals surface area contributed by atoms with Crippen molar-refractivity contribution in [2.75, 3.05) is 13.1 Å². The van der Waals surface area contributed by atoms with Crippen molar-refractivity contribution in [1.82, 2.24) is 15.1 Å². The minimum Gasteiger partial charge on any atom is -0.456 e. The van der Waals surface area contributed by atoms with Crippen molar-refractivity contribution < 1.29 is 58.4 Å². The highest BCUT2D eigenvalue weighted by atomic mass is 32.2. The first kappa shape index (κ1) is 44.9. The summed E-state index contributed by atoms with van der Waals surface area (Å²) in [6, 6.07) is 15.1. The number of carbonyl (C=O) groups is 4. The van der Waals surface area contributed by atoms with Gasteiger partial charge in [-0.15, -0.1) is 11.8 Å². The van der Waals surface area contributed by atoms with Crippen LogP contribution in [0.1, 0.15) is 43.4 Å². The lowest BCUT2D eigenvalue weighted by Gasteiger charge is -2.46. The molecule has 6 rings (SSSR count). The van der Waals surface area contributed by atoms with Crippen LogP contribution in [0, 0.1) is 42.2 Å². The van der Waals surface area contributed by atoms with Gasteiger partial charge in [0.05, 0.1) is 38.9 Å². The molecule has 0 radical (unpaired) electrons. The predicted octanol–water partition coefficient (Wildman–Crippen LogP) is 4.71. The number of nitrogens with one attached hydrogen (secondary N) is 1. The molecule has 0 spiro atoms. The minimum absolute atomic E-state index is 0.0106. The van der Waals surface area contributed by atoms with Gasteiger partial charge in [-0.05, 0) is 72.9 Å². The third-order valence-electron chi connectivity index (χ3n) is 10.8. The lowest BCUT2D eigenvalue weighted by molar-refractivity contribution is -0.385. The van der Waals surface area contributed by atoms with Gasteiger partial charge in [0.15, 0.2) is 0 Å². The van der Waals surface area contributed by atoms with Crippen LogP contribution in [0.3, 0.4) is 0 Å². The van der Waals surface area contributed by atoms with Crippen LogP contribution < -0.4 is 5.32 Å². The Morgan fingerprint density at radius 2 is 1.29 bits per heavy atom. The van der Waals surface area contributed by atoms with Crippen molar-refractivity contribution in [1.29, 1.82) is 0 Å². The summed E-state index contributed by atoms with van der Waals surface area (Å²) < 4.78 is 16.4. The monoisotopic (exact) mass is 878 g/mol. The van der Waals surface area contributed by atoms with E-state index in [1.54, 1.807) is 0 Å².